The van der Waals surface area contributed by atoms with Crippen molar-refractivity contribution in [2.24, 2.45) is 0 Å². The third-order valence-electron chi connectivity index (χ3n) is 6.53. The molecule has 2 aliphatic rings. The Morgan fingerprint density at radius 3 is 2.21 bits per heavy atom. The van der Waals surface area contributed by atoms with Crippen LogP contribution in [0.15, 0.2) is 24.3 Å². The van der Waals surface area contributed by atoms with E-state index in [-0.39, 0.29) is 37.0 Å². The lowest BCUT2D eigenvalue weighted by molar-refractivity contribution is -0.163. The Morgan fingerprint density at radius 2 is 1.64 bits per heavy atom. The van der Waals surface area contributed by atoms with Crippen LogP contribution in [0.25, 0.3) is 0 Å². The molecule has 1 atom stereocenters. The highest BCUT2D eigenvalue weighted by molar-refractivity contribution is 6.04. The molecule has 1 unspecified atom stereocenters. The summed E-state index contributed by atoms with van der Waals surface area (Å²) in [6.45, 7) is 9.39. The Hall–Kier alpha value is -3.63. The SMILES string of the molecule is CCCCC(Oc1ccc(N2CC(=O)N(C3CCN(C(=O)OC(C)(C)C)CC3)CC2=O)cc1)C(=O)OC(C)=O. The molecule has 39 heavy (non-hydrogen) atoms. The molecule has 1 aromatic carbocycles. The van der Waals surface area contributed by atoms with E-state index in [1.165, 1.54) is 4.90 Å². The number of amides is 3. The van der Waals surface area contributed by atoms with Crippen LogP contribution in [0.4, 0.5) is 10.5 Å². The van der Waals surface area contributed by atoms with Crippen LogP contribution in [0.5, 0.6) is 5.75 Å². The van der Waals surface area contributed by atoms with Gasteiger partial charge in [0.25, 0.3) is 0 Å². The first-order valence-corrected chi connectivity index (χ1v) is 13.4. The van der Waals surface area contributed by atoms with Gasteiger partial charge in [-0.1, -0.05) is 13.3 Å². The van der Waals surface area contributed by atoms with Crippen LogP contribution in [0.2, 0.25) is 0 Å². The van der Waals surface area contributed by atoms with Crippen LogP contribution in [0.1, 0.15) is 66.7 Å². The fourth-order valence-electron chi connectivity index (χ4n) is 4.58. The third-order valence-corrected chi connectivity index (χ3v) is 6.53. The molecular formula is C28H39N3O8. The van der Waals surface area contributed by atoms with Crippen LogP contribution in [-0.4, -0.2) is 83.6 Å². The molecule has 0 radical (unpaired) electrons. The van der Waals surface area contributed by atoms with E-state index in [9.17, 15) is 24.0 Å². The van der Waals surface area contributed by atoms with Gasteiger partial charge in [-0.2, -0.15) is 0 Å². The van der Waals surface area contributed by atoms with Crippen molar-refractivity contribution in [3.8, 4) is 5.75 Å². The van der Waals surface area contributed by atoms with Crippen LogP contribution in [0, 0.1) is 0 Å². The van der Waals surface area contributed by atoms with E-state index in [4.69, 9.17) is 14.2 Å². The number of piperidine rings is 1. The lowest BCUT2D eigenvalue weighted by atomic mass is 10.0. The van der Waals surface area contributed by atoms with E-state index in [0.29, 0.717) is 43.8 Å². The lowest BCUT2D eigenvalue weighted by Crippen LogP contribution is -2.59. The monoisotopic (exact) mass is 545 g/mol. The van der Waals surface area contributed by atoms with Gasteiger partial charge in [-0.3, -0.25) is 14.4 Å². The second-order valence-corrected chi connectivity index (χ2v) is 10.9. The molecule has 1 aromatic rings. The number of nitrogens with zero attached hydrogens (tertiary/aromatic N) is 3. The molecule has 0 aromatic heterocycles. The summed E-state index contributed by atoms with van der Waals surface area (Å²) in [5, 5.41) is 0. The predicted octanol–water partition coefficient (Wildman–Crippen LogP) is 3.29. The van der Waals surface area contributed by atoms with Crippen molar-refractivity contribution in [2.45, 2.75) is 84.5 Å². The van der Waals surface area contributed by atoms with E-state index in [1.54, 1.807) is 34.1 Å². The summed E-state index contributed by atoms with van der Waals surface area (Å²) in [5.74, 6) is -1.42. The number of unbranched alkanes of at least 4 members (excludes halogenated alkanes) is 1. The third kappa shape index (κ3) is 8.43. The van der Waals surface area contributed by atoms with Crippen LogP contribution in [-0.2, 0) is 28.7 Å². The van der Waals surface area contributed by atoms with E-state index in [2.05, 4.69) is 0 Å². The molecule has 0 saturated carbocycles. The number of rotatable bonds is 8. The zero-order chi connectivity index (χ0) is 28.7. The van der Waals surface area contributed by atoms with E-state index in [1.807, 2.05) is 27.7 Å². The van der Waals surface area contributed by atoms with Gasteiger partial charge in [0.05, 0.1) is 0 Å². The van der Waals surface area contributed by atoms with Crippen molar-refractivity contribution in [3.05, 3.63) is 24.3 Å². The number of anilines is 1. The van der Waals surface area contributed by atoms with E-state index < -0.39 is 23.6 Å². The molecule has 0 bridgehead atoms. The van der Waals surface area contributed by atoms with Gasteiger partial charge in [0.15, 0.2) is 6.10 Å². The Kier molecular flexibility index (Phi) is 9.93. The first kappa shape index (κ1) is 29.9. The number of likely N-dealkylation sites (tertiary alicyclic amines) is 1. The predicted molar refractivity (Wildman–Crippen MR) is 142 cm³/mol. The molecule has 0 aliphatic carbocycles. The Balaban J connectivity index is 1.57. The summed E-state index contributed by atoms with van der Waals surface area (Å²) in [7, 11) is 0. The summed E-state index contributed by atoms with van der Waals surface area (Å²) in [4.78, 5) is 66.5. The number of benzene rings is 1. The van der Waals surface area contributed by atoms with Crippen molar-refractivity contribution in [1.82, 2.24) is 9.80 Å². The molecule has 2 fully saturated rings. The Morgan fingerprint density at radius 1 is 1.00 bits per heavy atom. The lowest BCUT2D eigenvalue weighted by Gasteiger charge is -2.42. The minimum atomic E-state index is -0.923. The minimum Gasteiger partial charge on any atom is -0.479 e. The van der Waals surface area contributed by atoms with Crippen molar-refractivity contribution in [3.63, 3.8) is 0 Å². The fourth-order valence-corrected chi connectivity index (χ4v) is 4.58. The summed E-state index contributed by atoms with van der Waals surface area (Å²) in [6, 6.07) is 6.43. The van der Waals surface area contributed by atoms with Crippen LogP contribution in [0.3, 0.4) is 0 Å². The van der Waals surface area contributed by atoms with E-state index >= 15 is 0 Å². The van der Waals surface area contributed by atoms with Gasteiger partial charge < -0.3 is 28.9 Å². The molecular weight excluding hydrogens is 506 g/mol. The second kappa shape index (κ2) is 12.9. The minimum absolute atomic E-state index is 0.0375. The van der Waals surface area contributed by atoms with Gasteiger partial charge in [0, 0.05) is 31.7 Å². The molecule has 2 heterocycles. The van der Waals surface area contributed by atoms with Gasteiger partial charge in [-0.25, -0.2) is 9.59 Å². The molecule has 2 saturated heterocycles. The topological polar surface area (TPSA) is 123 Å². The van der Waals surface area contributed by atoms with Crippen LogP contribution < -0.4 is 9.64 Å². The smallest absolute Gasteiger partial charge is 0.410 e. The van der Waals surface area contributed by atoms with Crippen molar-refractivity contribution >= 4 is 35.5 Å². The molecule has 11 nitrogen and oxygen atoms in total. The number of esters is 2. The average molecular weight is 546 g/mol. The van der Waals surface area contributed by atoms with Crippen molar-refractivity contribution < 1.29 is 38.2 Å². The zero-order valence-electron chi connectivity index (χ0n) is 23.4. The quantitative estimate of drug-likeness (QED) is 0.360. The van der Waals surface area contributed by atoms with Crippen molar-refractivity contribution in [2.75, 3.05) is 31.1 Å². The second-order valence-electron chi connectivity index (χ2n) is 10.9. The van der Waals surface area contributed by atoms with Crippen molar-refractivity contribution in [1.29, 1.82) is 0 Å². The Labute approximate surface area is 229 Å². The number of piperazine rings is 1. The number of carbonyl (C=O) groups is 5. The van der Waals surface area contributed by atoms with Gasteiger partial charge in [0.1, 0.15) is 24.4 Å². The van der Waals surface area contributed by atoms with Crippen LogP contribution >= 0.6 is 0 Å². The number of carbonyl (C=O) groups excluding carboxylic acids is 5. The highest BCUT2D eigenvalue weighted by Gasteiger charge is 2.37. The molecule has 0 N–H and O–H groups in total. The maximum Gasteiger partial charge on any atom is 0.410 e. The average Bonchev–Trinajstić information content (AvgIpc) is 2.86. The normalized spacial score (nSPS) is 17.6. The highest BCUT2D eigenvalue weighted by atomic mass is 16.6. The Bertz CT molecular complexity index is 1060. The van der Waals surface area contributed by atoms with E-state index in [0.717, 1.165) is 19.8 Å². The maximum absolute atomic E-state index is 13.0. The summed E-state index contributed by atoms with van der Waals surface area (Å²) in [5.41, 5.74) is -0.0359. The number of ether oxygens (including phenoxy) is 3. The molecule has 0 spiro atoms. The first-order valence-electron chi connectivity index (χ1n) is 13.4. The standard InChI is InChI=1S/C28H39N3O8/c1-6-7-8-23(26(35)37-19(2)32)38-22-11-9-20(10-12-22)30-17-25(34)31(18-24(30)33)21-13-15-29(16-14-21)27(36)39-28(3,4)5/h9-12,21,23H,6-8,13-18H2,1-5H3. The first-order chi connectivity index (χ1) is 18.4. The van der Waals surface area contributed by atoms with Gasteiger partial charge in [-0.15, -0.1) is 0 Å². The summed E-state index contributed by atoms with van der Waals surface area (Å²) < 4.78 is 15.9. The zero-order valence-corrected chi connectivity index (χ0v) is 23.4. The molecule has 214 valence electrons. The largest absolute Gasteiger partial charge is 0.479 e. The maximum atomic E-state index is 13.0. The van der Waals surface area contributed by atoms with Gasteiger partial charge in [-0.05, 0) is 70.7 Å². The molecule has 2 aliphatic heterocycles. The summed E-state index contributed by atoms with van der Waals surface area (Å²) >= 11 is 0. The molecule has 3 rings (SSSR count). The van der Waals surface area contributed by atoms with Gasteiger partial charge in [0.2, 0.25) is 11.8 Å². The summed E-state index contributed by atoms with van der Waals surface area (Å²) in [6.07, 6.45) is 1.83. The number of hydrogen-bond donors (Lipinski definition) is 0. The highest BCUT2D eigenvalue weighted by Crippen LogP contribution is 2.26. The molecule has 3 amide bonds. The van der Waals surface area contributed by atoms with Gasteiger partial charge >= 0.3 is 18.0 Å². The molecule has 11 heteroatoms. The number of hydrogen-bond acceptors (Lipinski definition) is 8. The fraction of sp³-hybridized carbons (Fsp3) is 0.607.